The van der Waals surface area contributed by atoms with Crippen LogP contribution in [0.25, 0.3) is 5.69 Å². The van der Waals surface area contributed by atoms with Gasteiger partial charge in [-0.15, -0.1) is 0 Å². The predicted molar refractivity (Wildman–Crippen MR) is 113 cm³/mol. The summed E-state index contributed by atoms with van der Waals surface area (Å²) in [5.41, 5.74) is -0.0765. The van der Waals surface area contributed by atoms with Crippen LogP contribution in [0.5, 0.6) is 0 Å². The van der Waals surface area contributed by atoms with Gasteiger partial charge in [0.25, 0.3) is 11.5 Å². The quantitative estimate of drug-likeness (QED) is 0.553. The van der Waals surface area contributed by atoms with Crippen molar-refractivity contribution >= 4 is 5.91 Å². The molecule has 162 valence electrons. The fourth-order valence-electron chi connectivity index (χ4n) is 3.00. The minimum atomic E-state index is -0.817. The zero-order valence-electron chi connectivity index (χ0n) is 17.3. The first-order valence-corrected chi connectivity index (χ1v) is 9.73. The minimum absolute atomic E-state index is 0.129. The summed E-state index contributed by atoms with van der Waals surface area (Å²) in [5, 5.41) is 6.69. The highest BCUT2D eigenvalue weighted by Gasteiger charge is 2.20. The van der Waals surface area contributed by atoms with E-state index in [0.717, 1.165) is 14.8 Å². The van der Waals surface area contributed by atoms with Gasteiger partial charge >= 0.3 is 5.69 Å². The van der Waals surface area contributed by atoms with Crippen molar-refractivity contribution < 1.29 is 13.9 Å². The smallest absolute Gasteiger partial charge is 0.352 e. The Hall–Kier alpha value is -3.59. The summed E-state index contributed by atoms with van der Waals surface area (Å²) < 4.78 is 20.1. The Morgan fingerprint density at radius 2 is 1.90 bits per heavy atom. The maximum Gasteiger partial charge on any atom is 0.352 e. The summed E-state index contributed by atoms with van der Waals surface area (Å²) in [6, 6.07) is 12.4. The molecule has 0 radical (unpaired) electrons. The molecule has 1 N–H and O–H groups in total. The molecule has 1 aromatic heterocycles. The maximum absolute atomic E-state index is 13.2. The van der Waals surface area contributed by atoms with Crippen molar-refractivity contribution in [3.05, 3.63) is 92.0 Å². The molecule has 31 heavy (non-hydrogen) atoms. The molecule has 0 unspecified atom stereocenters. The zero-order chi connectivity index (χ0) is 22.4. The molecule has 0 saturated heterocycles. The lowest BCUT2D eigenvalue weighted by molar-refractivity contribution is 0.0938. The van der Waals surface area contributed by atoms with Gasteiger partial charge in [0, 0.05) is 20.3 Å². The predicted octanol–water partition coefficient (Wildman–Crippen LogP) is 1.66. The number of methoxy groups -OCH3 is 1. The normalized spacial score (nSPS) is 10.8. The van der Waals surface area contributed by atoms with Gasteiger partial charge in [0.15, 0.2) is 0 Å². The summed E-state index contributed by atoms with van der Waals surface area (Å²) in [6.45, 7) is 2.46. The lowest BCUT2D eigenvalue weighted by atomic mass is 10.2. The number of benzene rings is 2. The zero-order valence-corrected chi connectivity index (χ0v) is 17.3. The van der Waals surface area contributed by atoms with E-state index in [2.05, 4.69) is 10.4 Å². The summed E-state index contributed by atoms with van der Waals surface area (Å²) in [4.78, 5) is 38.7. The van der Waals surface area contributed by atoms with E-state index in [-0.39, 0.29) is 13.1 Å². The van der Waals surface area contributed by atoms with Gasteiger partial charge in [0.1, 0.15) is 5.82 Å². The summed E-state index contributed by atoms with van der Waals surface area (Å²) >= 11 is 0. The van der Waals surface area contributed by atoms with E-state index in [1.54, 1.807) is 25.3 Å². The molecule has 1 amide bonds. The molecular weight excluding hydrogens is 403 g/mol. The summed E-state index contributed by atoms with van der Waals surface area (Å²) in [7, 11) is 1.55. The molecule has 0 aliphatic carbocycles. The minimum Gasteiger partial charge on any atom is -0.385 e. The molecule has 3 aromatic rings. The largest absolute Gasteiger partial charge is 0.385 e. The molecule has 0 bridgehead atoms. The monoisotopic (exact) mass is 426 g/mol. The van der Waals surface area contributed by atoms with Gasteiger partial charge in [-0.1, -0.05) is 24.3 Å². The van der Waals surface area contributed by atoms with E-state index in [4.69, 9.17) is 4.74 Å². The lowest BCUT2D eigenvalue weighted by Gasteiger charge is -2.13. The first-order chi connectivity index (χ1) is 14.9. The number of aryl methyl sites for hydroxylation is 1. The molecule has 2 aromatic carbocycles. The Labute approximate surface area is 177 Å². The van der Waals surface area contributed by atoms with Crippen molar-refractivity contribution in [2.75, 3.05) is 20.3 Å². The van der Waals surface area contributed by atoms with Gasteiger partial charge in [0.05, 0.1) is 12.2 Å². The fourth-order valence-corrected chi connectivity index (χ4v) is 3.00. The number of ether oxygens (including phenoxy) is 1. The van der Waals surface area contributed by atoms with Crippen LogP contribution >= 0.6 is 0 Å². The molecule has 0 spiro atoms. The topological polar surface area (TPSA) is 95.2 Å². The Balaban J connectivity index is 2.08. The van der Waals surface area contributed by atoms with Crippen molar-refractivity contribution in [1.29, 1.82) is 0 Å². The third-order valence-electron chi connectivity index (χ3n) is 4.59. The maximum atomic E-state index is 13.2. The third kappa shape index (κ3) is 5.32. The summed E-state index contributed by atoms with van der Waals surface area (Å²) in [6.07, 6.45) is 0.559. The number of halogens is 1. The van der Waals surface area contributed by atoms with E-state index in [1.165, 1.54) is 24.3 Å². The van der Waals surface area contributed by atoms with Gasteiger partial charge in [0.2, 0.25) is 5.69 Å². The number of hydrogen-bond acceptors (Lipinski definition) is 5. The van der Waals surface area contributed by atoms with E-state index < -0.39 is 28.7 Å². The number of nitrogens with zero attached hydrogens (tertiary/aromatic N) is 3. The standard InChI is InChI=1S/C22H23FN4O4/c1-15-5-3-6-18(13-15)27-22(30)26(14-16-7-9-17(23)10-8-16)21(29)19(25-27)20(28)24-11-4-12-31-2/h3,5-10,13H,4,11-12,14H2,1-2H3,(H,24,28). The van der Waals surface area contributed by atoms with Crippen LogP contribution in [0.1, 0.15) is 28.0 Å². The highest BCUT2D eigenvalue weighted by Crippen LogP contribution is 2.07. The van der Waals surface area contributed by atoms with Crippen molar-refractivity contribution in [1.82, 2.24) is 19.7 Å². The van der Waals surface area contributed by atoms with Gasteiger partial charge in [-0.25, -0.2) is 9.18 Å². The van der Waals surface area contributed by atoms with Crippen molar-refractivity contribution in [3.63, 3.8) is 0 Å². The molecule has 0 saturated carbocycles. The van der Waals surface area contributed by atoms with Crippen molar-refractivity contribution in [2.45, 2.75) is 19.9 Å². The second-order valence-corrected chi connectivity index (χ2v) is 7.00. The van der Waals surface area contributed by atoms with Crippen molar-refractivity contribution in [2.24, 2.45) is 0 Å². The van der Waals surface area contributed by atoms with Gasteiger partial charge in [-0.3, -0.25) is 14.2 Å². The van der Waals surface area contributed by atoms with Gasteiger partial charge in [-0.2, -0.15) is 9.78 Å². The van der Waals surface area contributed by atoms with Crippen LogP contribution < -0.4 is 16.6 Å². The van der Waals surface area contributed by atoms with Crippen LogP contribution in [0.15, 0.2) is 58.1 Å². The number of rotatable bonds is 8. The van der Waals surface area contributed by atoms with Crippen LogP contribution in [-0.2, 0) is 11.3 Å². The molecule has 9 heteroatoms. The Morgan fingerprint density at radius 1 is 1.16 bits per heavy atom. The fraction of sp³-hybridized carbons (Fsp3) is 0.273. The molecule has 0 atom stereocenters. The molecule has 3 rings (SSSR count). The van der Waals surface area contributed by atoms with Crippen LogP contribution in [0.3, 0.4) is 0 Å². The molecule has 0 aliphatic rings. The first-order valence-electron chi connectivity index (χ1n) is 9.73. The number of aromatic nitrogens is 3. The van der Waals surface area contributed by atoms with E-state index in [1.807, 2.05) is 13.0 Å². The molecule has 8 nitrogen and oxygen atoms in total. The second-order valence-electron chi connectivity index (χ2n) is 7.00. The van der Waals surface area contributed by atoms with Crippen LogP contribution in [0.4, 0.5) is 4.39 Å². The molecule has 0 fully saturated rings. The lowest BCUT2D eigenvalue weighted by Crippen LogP contribution is -2.46. The van der Waals surface area contributed by atoms with Crippen LogP contribution in [-0.4, -0.2) is 40.5 Å². The van der Waals surface area contributed by atoms with E-state index in [0.29, 0.717) is 24.3 Å². The van der Waals surface area contributed by atoms with Gasteiger partial charge in [-0.05, 0) is 48.7 Å². The number of carbonyl (C=O) groups excluding carboxylic acids is 1. The third-order valence-corrected chi connectivity index (χ3v) is 4.59. The van der Waals surface area contributed by atoms with Crippen LogP contribution in [0.2, 0.25) is 0 Å². The van der Waals surface area contributed by atoms with E-state index in [9.17, 15) is 18.8 Å². The number of hydrogen-bond donors (Lipinski definition) is 1. The number of nitrogens with one attached hydrogen (secondary N) is 1. The van der Waals surface area contributed by atoms with Gasteiger partial charge < -0.3 is 10.1 Å². The number of carbonyl (C=O) groups is 1. The average Bonchev–Trinajstić information content (AvgIpc) is 2.75. The summed E-state index contributed by atoms with van der Waals surface area (Å²) in [5.74, 6) is -1.12. The molecule has 0 aliphatic heterocycles. The average molecular weight is 426 g/mol. The number of amides is 1. The first kappa shape index (κ1) is 22.1. The molecule has 1 heterocycles. The Bertz CT molecular complexity index is 1190. The highest BCUT2D eigenvalue weighted by molar-refractivity contribution is 5.91. The van der Waals surface area contributed by atoms with E-state index >= 15 is 0 Å². The Morgan fingerprint density at radius 3 is 2.58 bits per heavy atom. The second kappa shape index (κ2) is 9.94. The van der Waals surface area contributed by atoms with Crippen LogP contribution in [0, 0.1) is 12.7 Å². The Kier molecular flexibility index (Phi) is 7.09. The molecular formula is C22H23FN4O4. The van der Waals surface area contributed by atoms with Crippen molar-refractivity contribution in [3.8, 4) is 5.69 Å². The highest BCUT2D eigenvalue weighted by atomic mass is 19.1. The SMILES string of the molecule is COCCCNC(=O)c1nn(-c2cccc(C)c2)c(=O)n(Cc2ccc(F)cc2)c1=O.